The molecule has 4 rings (SSSR count). The van der Waals surface area contributed by atoms with Gasteiger partial charge in [-0.3, -0.25) is 0 Å². The number of hydrogen-bond donors (Lipinski definition) is 2. The average Bonchev–Trinajstić information content (AvgIpc) is 2.81. The summed E-state index contributed by atoms with van der Waals surface area (Å²) in [5, 5.41) is 1.06. The van der Waals surface area contributed by atoms with Crippen molar-refractivity contribution in [1.82, 2.24) is 9.71 Å². The van der Waals surface area contributed by atoms with Crippen LogP contribution in [0.1, 0.15) is 41.6 Å². The van der Waals surface area contributed by atoms with Gasteiger partial charge in [0.2, 0.25) is 10.0 Å². The predicted octanol–water partition coefficient (Wildman–Crippen LogP) is 4.22. The summed E-state index contributed by atoms with van der Waals surface area (Å²) in [7, 11) is -3.54. The Morgan fingerprint density at radius 1 is 1.00 bits per heavy atom. The van der Waals surface area contributed by atoms with Gasteiger partial charge in [0.1, 0.15) is 0 Å². The molecule has 1 aliphatic rings. The topological polar surface area (TPSA) is 62.0 Å². The van der Waals surface area contributed by atoms with Crippen LogP contribution in [0, 0.1) is 6.92 Å². The molecule has 2 N–H and O–H groups in total. The fourth-order valence-corrected chi connectivity index (χ4v) is 4.74. The number of rotatable bonds is 4. The summed E-state index contributed by atoms with van der Waals surface area (Å²) < 4.78 is 28.2. The van der Waals surface area contributed by atoms with Crippen molar-refractivity contribution in [3.8, 4) is 0 Å². The normalized spacial score (nSPS) is 15.0. The van der Waals surface area contributed by atoms with Crippen molar-refractivity contribution in [3.05, 3.63) is 64.8 Å². The van der Waals surface area contributed by atoms with E-state index in [1.807, 2.05) is 43.3 Å². The molecule has 136 valence electrons. The van der Waals surface area contributed by atoms with E-state index < -0.39 is 10.0 Å². The lowest BCUT2D eigenvalue weighted by atomic mass is 10.1. The molecule has 2 aromatic carbocycles. The van der Waals surface area contributed by atoms with E-state index >= 15 is 0 Å². The molecule has 0 spiro atoms. The Bertz CT molecular complexity index is 1030. The number of aryl methyl sites for hydroxylation is 3. The summed E-state index contributed by atoms with van der Waals surface area (Å²) in [5.41, 5.74) is 5.73. The van der Waals surface area contributed by atoms with Gasteiger partial charge in [-0.05, 0) is 61.9 Å². The third-order valence-electron chi connectivity index (χ3n) is 5.22. The lowest BCUT2D eigenvalue weighted by Crippen LogP contribution is -2.23. The molecule has 1 aliphatic carbocycles. The number of hydrogen-bond acceptors (Lipinski definition) is 2. The summed E-state index contributed by atoms with van der Waals surface area (Å²) in [6, 6.07) is 13.3. The van der Waals surface area contributed by atoms with Crippen LogP contribution in [-0.4, -0.2) is 13.4 Å². The first-order chi connectivity index (χ1) is 12.5. The molecule has 0 atom stereocenters. The molecule has 0 saturated carbocycles. The molecule has 1 heterocycles. The zero-order chi connectivity index (χ0) is 18.1. The van der Waals surface area contributed by atoms with E-state index in [1.165, 1.54) is 30.5 Å². The van der Waals surface area contributed by atoms with Crippen molar-refractivity contribution in [2.75, 3.05) is 0 Å². The molecular formula is C21H24N2O2S. The Morgan fingerprint density at radius 3 is 2.58 bits per heavy atom. The number of H-pyrrole nitrogens is 1. The zero-order valence-corrected chi connectivity index (χ0v) is 15.8. The van der Waals surface area contributed by atoms with E-state index in [0.29, 0.717) is 11.4 Å². The first-order valence-electron chi connectivity index (χ1n) is 9.22. The van der Waals surface area contributed by atoms with Crippen molar-refractivity contribution in [2.45, 2.75) is 50.5 Å². The quantitative estimate of drug-likeness (QED) is 0.677. The third-order valence-corrected chi connectivity index (χ3v) is 6.62. The van der Waals surface area contributed by atoms with E-state index in [0.717, 1.165) is 34.9 Å². The first-order valence-corrected chi connectivity index (χ1v) is 10.7. The lowest BCUT2D eigenvalue weighted by Gasteiger charge is -2.08. The van der Waals surface area contributed by atoms with E-state index in [4.69, 9.17) is 0 Å². The molecule has 26 heavy (non-hydrogen) atoms. The van der Waals surface area contributed by atoms with E-state index in [-0.39, 0.29) is 0 Å². The van der Waals surface area contributed by atoms with Crippen LogP contribution in [0.2, 0.25) is 0 Å². The minimum Gasteiger partial charge on any atom is -0.358 e. The molecular weight excluding hydrogens is 344 g/mol. The molecule has 0 aliphatic heterocycles. The van der Waals surface area contributed by atoms with Gasteiger partial charge in [-0.2, -0.15) is 0 Å². The summed E-state index contributed by atoms with van der Waals surface area (Å²) in [6.07, 6.45) is 5.68. The van der Waals surface area contributed by atoms with Crippen molar-refractivity contribution in [3.63, 3.8) is 0 Å². The Balaban J connectivity index is 1.62. The largest absolute Gasteiger partial charge is 0.358 e. The van der Waals surface area contributed by atoms with Gasteiger partial charge in [0.25, 0.3) is 0 Å². The third kappa shape index (κ3) is 3.41. The van der Waals surface area contributed by atoms with Crippen LogP contribution >= 0.6 is 0 Å². The molecule has 0 unspecified atom stereocenters. The molecule has 0 fully saturated rings. The molecule has 0 amide bonds. The summed E-state index contributed by atoms with van der Waals surface area (Å²) >= 11 is 0. The SMILES string of the molecule is Cc1ccc(CNS(=O)(=O)c2ccc3[nH]c4c(c3c2)CCCCC4)cc1. The Labute approximate surface area is 154 Å². The Kier molecular flexibility index (Phi) is 4.59. The number of aromatic nitrogens is 1. The van der Waals surface area contributed by atoms with Crippen LogP contribution < -0.4 is 4.72 Å². The van der Waals surface area contributed by atoms with Gasteiger partial charge in [0.05, 0.1) is 4.90 Å². The van der Waals surface area contributed by atoms with Crippen molar-refractivity contribution >= 4 is 20.9 Å². The van der Waals surface area contributed by atoms with Gasteiger partial charge < -0.3 is 4.98 Å². The molecule has 1 aromatic heterocycles. The first kappa shape index (κ1) is 17.3. The minimum atomic E-state index is -3.54. The summed E-state index contributed by atoms with van der Waals surface area (Å²) in [5.74, 6) is 0. The van der Waals surface area contributed by atoms with Gasteiger partial charge in [-0.1, -0.05) is 36.2 Å². The molecule has 0 bridgehead atoms. The number of fused-ring (bicyclic) bond motifs is 3. The van der Waals surface area contributed by atoms with Crippen LogP contribution in [-0.2, 0) is 29.4 Å². The number of aromatic amines is 1. The minimum absolute atomic E-state index is 0.298. The van der Waals surface area contributed by atoms with E-state index in [9.17, 15) is 8.42 Å². The average molecular weight is 369 g/mol. The van der Waals surface area contributed by atoms with Gasteiger partial charge >= 0.3 is 0 Å². The van der Waals surface area contributed by atoms with Crippen LogP contribution in [0.4, 0.5) is 0 Å². The smallest absolute Gasteiger partial charge is 0.240 e. The highest BCUT2D eigenvalue weighted by Crippen LogP contribution is 2.30. The highest BCUT2D eigenvalue weighted by Gasteiger charge is 2.18. The zero-order valence-electron chi connectivity index (χ0n) is 15.0. The maximum atomic E-state index is 12.8. The second kappa shape index (κ2) is 6.89. The fraction of sp³-hybridized carbons (Fsp3) is 0.333. The molecule has 3 aromatic rings. The molecule has 5 heteroatoms. The number of benzene rings is 2. The number of sulfonamides is 1. The predicted molar refractivity (Wildman–Crippen MR) is 105 cm³/mol. The monoisotopic (exact) mass is 368 g/mol. The highest BCUT2D eigenvalue weighted by atomic mass is 32.2. The molecule has 0 saturated heterocycles. The van der Waals surface area contributed by atoms with Gasteiger partial charge in [0, 0.05) is 23.1 Å². The number of nitrogens with one attached hydrogen (secondary N) is 2. The molecule has 0 radical (unpaired) electrons. The highest BCUT2D eigenvalue weighted by molar-refractivity contribution is 7.89. The van der Waals surface area contributed by atoms with Crippen LogP contribution in [0.25, 0.3) is 10.9 Å². The van der Waals surface area contributed by atoms with Gasteiger partial charge in [-0.25, -0.2) is 13.1 Å². The second-order valence-electron chi connectivity index (χ2n) is 7.16. The van der Waals surface area contributed by atoms with Crippen molar-refractivity contribution in [2.24, 2.45) is 0 Å². The Hall–Kier alpha value is -2.11. The van der Waals surface area contributed by atoms with Crippen LogP contribution in [0.15, 0.2) is 47.4 Å². The van der Waals surface area contributed by atoms with Gasteiger partial charge in [0.15, 0.2) is 0 Å². The summed E-state index contributed by atoms with van der Waals surface area (Å²) in [4.78, 5) is 3.82. The lowest BCUT2D eigenvalue weighted by molar-refractivity contribution is 0.581. The van der Waals surface area contributed by atoms with E-state index in [1.54, 1.807) is 6.07 Å². The second-order valence-corrected chi connectivity index (χ2v) is 8.93. The van der Waals surface area contributed by atoms with Crippen LogP contribution in [0.5, 0.6) is 0 Å². The summed E-state index contributed by atoms with van der Waals surface area (Å²) in [6.45, 7) is 2.31. The van der Waals surface area contributed by atoms with Crippen molar-refractivity contribution < 1.29 is 8.42 Å². The molecule has 4 nitrogen and oxygen atoms in total. The maximum absolute atomic E-state index is 12.8. The van der Waals surface area contributed by atoms with Crippen molar-refractivity contribution in [1.29, 1.82) is 0 Å². The maximum Gasteiger partial charge on any atom is 0.240 e. The van der Waals surface area contributed by atoms with Gasteiger partial charge in [-0.15, -0.1) is 0 Å². The fourth-order valence-electron chi connectivity index (χ4n) is 3.70. The Morgan fingerprint density at radius 2 is 1.77 bits per heavy atom. The van der Waals surface area contributed by atoms with Crippen LogP contribution in [0.3, 0.4) is 0 Å². The van der Waals surface area contributed by atoms with E-state index in [2.05, 4.69) is 9.71 Å². The standard InChI is InChI=1S/C21H24N2O2S/c1-15-7-9-16(10-8-15)14-22-26(24,25)17-11-12-21-19(13-17)18-5-3-2-4-6-20(18)23-21/h7-13,22-23H,2-6,14H2,1H3.